The first-order chi connectivity index (χ1) is 11.0. The fourth-order valence-corrected chi connectivity index (χ4v) is 2.54. The van der Waals surface area contributed by atoms with Crippen LogP contribution in [0, 0.1) is 5.92 Å². The van der Waals surface area contributed by atoms with Gasteiger partial charge < -0.3 is 21.3 Å². The first kappa shape index (κ1) is 17.3. The van der Waals surface area contributed by atoms with Gasteiger partial charge in [0.1, 0.15) is 0 Å². The number of hydrogen-bond donors (Lipinski definition) is 4. The summed E-state index contributed by atoms with van der Waals surface area (Å²) in [5.74, 6) is 0.181. The molecule has 4 N–H and O–H groups in total. The Balaban J connectivity index is 1.78. The number of carbonyl (C=O) groups excluding carboxylic acids is 2. The van der Waals surface area contributed by atoms with Crippen molar-refractivity contribution in [3.05, 3.63) is 29.8 Å². The van der Waals surface area contributed by atoms with Crippen molar-refractivity contribution in [2.24, 2.45) is 5.92 Å². The van der Waals surface area contributed by atoms with Crippen LogP contribution in [-0.4, -0.2) is 31.1 Å². The van der Waals surface area contributed by atoms with Crippen LogP contribution in [0.4, 0.5) is 10.5 Å². The van der Waals surface area contributed by atoms with Crippen molar-refractivity contribution in [2.75, 3.05) is 18.4 Å². The molecule has 6 heteroatoms. The molecule has 2 rings (SSSR count). The summed E-state index contributed by atoms with van der Waals surface area (Å²) in [7, 11) is 0. The third-order valence-electron chi connectivity index (χ3n) is 3.77. The minimum Gasteiger partial charge on any atom is -0.352 e. The largest absolute Gasteiger partial charge is 0.352 e. The maximum atomic E-state index is 12.1. The van der Waals surface area contributed by atoms with E-state index < -0.39 is 0 Å². The number of anilines is 1. The SMILES string of the molecule is CC(C)NC(=O)Nc1ccc(CNC(=O)C2CCCNC2)cc1. The highest BCUT2D eigenvalue weighted by molar-refractivity contribution is 5.89. The Kier molecular flexibility index (Phi) is 6.40. The summed E-state index contributed by atoms with van der Waals surface area (Å²) in [6.07, 6.45) is 2.00. The number of rotatable bonds is 5. The van der Waals surface area contributed by atoms with Crippen molar-refractivity contribution in [3.8, 4) is 0 Å². The summed E-state index contributed by atoms with van der Waals surface area (Å²) in [4.78, 5) is 23.7. The summed E-state index contributed by atoms with van der Waals surface area (Å²) in [5.41, 5.74) is 1.74. The number of piperidine rings is 1. The second-order valence-corrected chi connectivity index (χ2v) is 6.21. The van der Waals surface area contributed by atoms with Crippen LogP contribution in [-0.2, 0) is 11.3 Å². The van der Waals surface area contributed by atoms with Gasteiger partial charge >= 0.3 is 6.03 Å². The molecule has 1 unspecified atom stereocenters. The smallest absolute Gasteiger partial charge is 0.319 e. The van der Waals surface area contributed by atoms with E-state index >= 15 is 0 Å². The van der Waals surface area contributed by atoms with Gasteiger partial charge in [0.25, 0.3) is 0 Å². The zero-order valence-corrected chi connectivity index (χ0v) is 13.8. The highest BCUT2D eigenvalue weighted by Gasteiger charge is 2.20. The van der Waals surface area contributed by atoms with Gasteiger partial charge in [-0.05, 0) is 50.9 Å². The molecule has 0 saturated carbocycles. The zero-order chi connectivity index (χ0) is 16.7. The summed E-state index contributed by atoms with van der Waals surface area (Å²) in [6, 6.07) is 7.37. The van der Waals surface area contributed by atoms with Crippen molar-refractivity contribution < 1.29 is 9.59 Å². The summed E-state index contributed by atoms with van der Waals surface area (Å²) < 4.78 is 0. The topological polar surface area (TPSA) is 82.3 Å². The van der Waals surface area contributed by atoms with Crippen LogP contribution in [0.3, 0.4) is 0 Å². The van der Waals surface area contributed by atoms with Crippen LogP contribution in [0.25, 0.3) is 0 Å². The van der Waals surface area contributed by atoms with E-state index in [2.05, 4.69) is 21.3 Å². The van der Waals surface area contributed by atoms with Gasteiger partial charge in [-0.2, -0.15) is 0 Å². The molecule has 1 aliphatic heterocycles. The van der Waals surface area contributed by atoms with Crippen molar-refractivity contribution in [3.63, 3.8) is 0 Å². The normalized spacial score (nSPS) is 17.6. The van der Waals surface area contributed by atoms with Crippen LogP contribution >= 0.6 is 0 Å². The number of hydrogen-bond acceptors (Lipinski definition) is 3. The standard InChI is InChI=1S/C17H26N4O2/c1-12(2)20-17(23)21-15-7-5-13(6-8-15)10-19-16(22)14-4-3-9-18-11-14/h5-8,12,14,18H,3-4,9-11H2,1-2H3,(H,19,22)(H2,20,21,23). The van der Waals surface area contributed by atoms with Crippen LogP contribution in [0.5, 0.6) is 0 Å². The number of benzene rings is 1. The first-order valence-electron chi connectivity index (χ1n) is 8.19. The molecule has 1 atom stereocenters. The Morgan fingerprint density at radius 3 is 2.61 bits per heavy atom. The van der Waals surface area contributed by atoms with Gasteiger partial charge in [-0.15, -0.1) is 0 Å². The van der Waals surface area contributed by atoms with Gasteiger partial charge in [0, 0.05) is 24.8 Å². The van der Waals surface area contributed by atoms with Crippen LogP contribution in [0.2, 0.25) is 0 Å². The van der Waals surface area contributed by atoms with Crippen molar-refractivity contribution >= 4 is 17.6 Å². The highest BCUT2D eigenvalue weighted by Crippen LogP contribution is 2.12. The molecule has 0 aromatic heterocycles. The Morgan fingerprint density at radius 1 is 1.26 bits per heavy atom. The molecule has 0 bridgehead atoms. The molecule has 0 radical (unpaired) electrons. The van der Waals surface area contributed by atoms with Crippen molar-refractivity contribution in [1.82, 2.24) is 16.0 Å². The predicted octanol–water partition coefficient (Wildman–Crippen LogP) is 1.83. The van der Waals surface area contributed by atoms with E-state index in [-0.39, 0.29) is 23.9 Å². The molecule has 1 fully saturated rings. The first-order valence-corrected chi connectivity index (χ1v) is 8.19. The fourth-order valence-electron chi connectivity index (χ4n) is 2.54. The van der Waals surface area contributed by atoms with Crippen LogP contribution < -0.4 is 21.3 Å². The third-order valence-corrected chi connectivity index (χ3v) is 3.77. The molecular formula is C17H26N4O2. The maximum Gasteiger partial charge on any atom is 0.319 e. The molecule has 6 nitrogen and oxygen atoms in total. The number of nitrogens with one attached hydrogen (secondary N) is 4. The van der Waals surface area contributed by atoms with Crippen molar-refractivity contribution in [1.29, 1.82) is 0 Å². The van der Waals surface area contributed by atoms with E-state index in [0.29, 0.717) is 6.54 Å². The summed E-state index contributed by atoms with van der Waals surface area (Å²) in [5, 5.41) is 11.8. The fraction of sp³-hybridized carbons (Fsp3) is 0.529. The Morgan fingerprint density at radius 2 is 2.00 bits per heavy atom. The molecule has 3 amide bonds. The van der Waals surface area contributed by atoms with E-state index in [1.807, 2.05) is 38.1 Å². The second kappa shape index (κ2) is 8.53. The van der Waals surface area contributed by atoms with Crippen molar-refractivity contribution in [2.45, 2.75) is 39.3 Å². The van der Waals surface area contributed by atoms with Gasteiger partial charge in [0.2, 0.25) is 5.91 Å². The Bertz CT molecular complexity index is 522. The lowest BCUT2D eigenvalue weighted by Crippen LogP contribution is -2.40. The van der Waals surface area contributed by atoms with Gasteiger partial charge in [0.15, 0.2) is 0 Å². The molecule has 1 aromatic rings. The molecule has 0 spiro atoms. The van der Waals surface area contributed by atoms with Gasteiger partial charge in [0.05, 0.1) is 5.92 Å². The molecule has 0 aliphatic carbocycles. The van der Waals surface area contributed by atoms with E-state index in [1.165, 1.54) is 0 Å². The molecule has 1 aromatic carbocycles. The lowest BCUT2D eigenvalue weighted by Gasteiger charge is -2.21. The minimum atomic E-state index is -0.217. The molecule has 23 heavy (non-hydrogen) atoms. The van der Waals surface area contributed by atoms with Gasteiger partial charge in [-0.1, -0.05) is 12.1 Å². The monoisotopic (exact) mass is 318 g/mol. The molecule has 126 valence electrons. The molecule has 1 aliphatic rings. The van der Waals surface area contributed by atoms with Gasteiger partial charge in [-0.3, -0.25) is 4.79 Å². The Hall–Kier alpha value is -2.08. The van der Waals surface area contributed by atoms with E-state index in [4.69, 9.17) is 0 Å². The minimum absolute atomic E-state index is 0.0735. The molecule has 1 heterocycles. The number of urea groups is 1. The van der Waals surface area contributed by atoms with E-state index in [0.717, 1.165) is 37.2 Å². The average Bonchev–Trinajstić information content (AvgIpc) is 2.54. The average molecular weight is 318 g/mol. The second-order valence-electron chi connectivity index (χ2n) is 6.21. The number of amides is 3. The maximum absolute atomic E-state index is 12.1. The van der Waals surface area contributed by atoms with Crippen LogP contribution in [0.15, 0.2) is 24.3 Å². The van der Waals surface area contributed by atoms with Crippen LogP contribution in [0.1, 0.15) is 32.3 Å². The molecule has 1 saturated heterocycles. The van der Waals surface area contributed by atoms with E-state index in [9.17, 15) is 9.59 Å². The zero-order valence-electron chi connectivity index (χ0n) is 13.8. The highest BCUT2D eigenvalue weighted by atomic mass is 16.2. The quantitative estimate of drug-likeness (QED) is 0.668. The third kappa shape index (κ3) is 5.90. The molecular weight excluding hydrogens is 292 g/mol. The summed E-state index contributed by atoms with van der Waals surface area (Å²) in [6.45, 7) is 6.09. The lowest BCUT2D eigenvalue weighted by atomic mass is 9.99. The summed E-state index contributed by atoms with van der Waals surface area (Å²) >= 11 is 0. The Labute approximate surface area is 137 Å². The lowest BCUT2D eigenvalue weighted by molar-refractivity contribution is -0.125. The predicted molar refractivity (Wildman–Crippen MR) is 91.2 cm³/mol. The van der Waals surface area contributed by atoms with E-state index in [1.54, 1.807) is 0 Å². The number of carbonyl (C=O) groups is 2. The van der Waals surface area contributed by atoms with Gasteiger partial charge in [-0.25, -0.2) is 4.79 Å².